The number of nitrogens with one attached hydrogen (secondary N) is 1. The fourth-order valence-corrected chi connectivity index (χ4v) is 3.21. The summed E-state index contributed by atoms with van der Waals surface area (Å²) in [4.78, 5) is 21.4. The van der Waals surface area contributed by atoms with E-state index in [0.717, 1.165) is 19.6 Å². The molecule has 1 amide bonds. The topological polar surface area (TPSA) is 71.7 Å². The number of halogens is 2. The van der Waals surface area contributed by atoms with E-state index >= 15 is 0 Å². The molecule has 1 saturated heterocycles. The van der Waals surface area contributed by atoms with E-state index in [2.05, 4.69) is 21.3 Å². The molecule has 0 bridgehead atoms. The van der Waals surface area contributed by atoms with Crippen molar-refractivity contribution in [2.75, 3.05) is 32.7 Å². The van der Waals surface area contributed by atoms with Gasteiger partial charge in [0.05, 0.1) is 16.8 Å². The monoisotopic (exact) mass is 413 g/mol. The summed E-state index contributed by atoms with van der Waals surface area (Å²) < 4.78 is 13.5. The van der Waals surface area contributed by atoms with Crippen molar-refractivity contribution in [3.63, 3.8) is 0 Å². The van der Waals surface area contributed by atoms with E-state index in [0.29, 0.717) is 36.2 Å². The Morgan fingerprint density at radius 1 is 1.17 bits per heavy atom. The molecule has 3 rings (SSSR count). The third-order valence-electron chi connectivity index (χ3n) is 4.60. The van der Waals surface area contributed by atoms with Gasteiger partial charge in [0.1, 0.15) is 5.82 Å². The Kier molecular flexibility index (Phi) is 7.17. The van der Waals surface area contributed by atoms with Crippen molar-refractivity contribution in [1.82, 2.24) is 15.1 Å². The van der Waals surface area contributed by atoms with Crippen LogP contribution in [-0.4, -0.2) is 54.4 Å². The zero-order chi connectivity index (χ0) is 20.6. The van der Waals surface area contributed by atoms with Crippen LogP contribution in [0.5, 0.6) is 0 Å². The summed E-state index contributed by atoms with van der Waals surface area (Å²) in [7, 11) is 0. The Morgan fingerprint density at radius 3 is 2.62 bits per heavy atom. The molecule has 2 aromatic rings. The molecule has 1 aliphatic rings. The molecule has 150 valence electrons. The molecule has 0 unspecified atom stereocenters. The highest BCUT2D eigenvalue weighted by Crippen LogP contribution is 2.24. The van der Waals surface area contributed by atoms with Crippen molar-refractivity contribution in [3.05, 3.63) is 64.9 Å². The Labute approximate surface area is 174 Å². The van der Waals surface area contributed by atoms with Gasteiger partial charge in [-0.25, -0.2) is 9.38 Å². The predicted molar refractivity (Wildman–Crippen MR) is 111 cm³/mol. The Balaban J connectivity index is 1.80. The smallest absolute Gasteiger partial charge is 0.258 e. The molecule has 6 nitrogen and oxygen atoms in total. The van der Waals surface area contributed by atoms with Crippen LogP contribution in [0.4, 0.5) is 10.1 Å². The highest BCUT2D eigenvalue weighted by Gasteiger charge is 2.22. The lowest BCUT2D eigenvalue weighted by molar-refractivity contribution is 0.0967. The van der Waals surface area contributed by atoms with Crippen molar-refractivity contribution >= 4 is 29.2 Å². The molecule has 1 N–H and O–H groups in total. The van der Waals surface area contributed by atoms with Crippen molar-refractivity contribution < 1.29 is 9.18 Å². The number of carbonyl (C=O) groups is 1. The quantitative estimate of drug-likeness (QED) is 0.615. The number of benzene rings is 2. The van der Waals surface area contributed by atoms with E-state index in [1.807, 2.05) is 11.0 Å². The van der Waals surface area contributed by atoms with Crippen LogP contribution in [0.1, 0.15) is 16.8 Å². The SMILES string of the molecule is N#CCCN1CCN(C(=Nc2ccccc2Cl)NC(=O)c2cccc(F)c2)CC1. The second-order valence-corrected chi connectivity index (χ2v) is 7.00. The summed E-state index contributed by atoms with van der Waals surface area (Å²) in [5, 5.41) is 12.0. The first-order valence-electron chi connectivity index (χ1n) is 9.31. The number of hydrogen-bond acceptors (Lipinski definition) is 4. The predicted octanol–water partition coefficient (Wildman–Crippen LogP) is 3.43. The molecular formula is C21H21ClFN5O. The summed E-state index contributed by atoms with van der Waals surface area (Å²) in [5.41, 5.74) is 0.750. The minimum atomic E-state index is -0.478. The van der Waals surface area contributed by atoms with Crippen LogP contribution in [0, 0.1) is 17.1 Å². The molecule has 0 aromatic heterocycles. The summed E-state index contributed by atoms with van der Waals surface area (Å²) in [6.07, 6.45) is 0.483. The van der Waals surface area contributed by atoms with Gasteiger partial charge in [-0.3, -0.25) is 15.0 Å². The van der Waals surface area contributed by atoms with Crippen molar-refractivity contribution in [2.45, 2.75) is 6.42 Å². The maximum Gasteiger partial charge on any atom is 0.258 e. The number of para-hydroxylation sites is 1. The normalized spacial score (nSPS) is 15.1. The van der Waals surface area contributed by atoms with E-state index in [4.69, 9.17) is 16.9 Å². The first kappa shape index (κ1) is 20.8. The van der Waals surface area contributed by atoms with Crippen molar-refractivity contribution in [1.29, 1.82) is 5.26 Å². The largest absolute Gasteiger partial charge is 0.340 e. The summed E-state index contributed by atoms with van der Waals surface area (Å²) in [6, 6.07) is 14.8. The van der Waals surface area contributed by atoms with Crippen LogP contribution in [0.15, 0.2) is 53.5 Å². The average Bonchev–Trinajstić information content (AvgIpc) is 2.73. The molecule has 0 spiro atoms. The fourth-order valence-electron chi connectivity index (χ4n) is 3.03. The van der Waals surface area contributed by atoms with Crippen LogP contribution in [-0.2, 0) is 0 Å². The highest BCUT2D eigenvalue weighted by atomic mass is 35.5. The lowest BCUT2D eigenvalue weighted by atomic mass is 10.2. The van der Waals surface area contributed by atoms with Gasteiger partial charge in [0.2, 0.25) is 5.96 Å². The van der Waals surface area contributed by atoms with Gasteiger partial charge in [0, 0.05) is 44.7 Å². The average molecular weight is 414 g/mol. The van der Waals surface area contributed by atoms with Crippen LogP contribution in [0.25, 0.3) is 0 Å². The van der Waals surface area contributed by atoms with Crippen molar-refractivity contribution in [3.8, 4) is 6.07 Å². The van der Waals surface area contributed by atoms with Gasteiger partial charge in [-0.05, 0) is 30.3 Å². The maximum atomic E-state index is 13.5. The zero-order valence-electron chi connectivity index (χ0n) is 15.8. The van der Waals surface area contributed by atoms with Crippen LogP contribution >= 0.6 is 11.6 Å². The Bertz CT molecular complexity index is 935. The van der Waals surface area contributed by atoms with Gasteiger partial charge >= 0.3 is 0 Å². The zero-order valence-corrected chi connectivity index (χ0v) is 16.6. The molecule has 1 heterocycles. The van der Waals surface area contributed by atoms with Crippen LogP contribution in [0.3, 0.4) is 0 Å². The van der Waals surface area contributed by atoms with E-state index in [-0.39, 0.29) is 5.56 Å². The number of piperazine rings is 1. The molecule has 8 heteroatoms. The number of rotatable bonds is 4. The lowest BCUT2D eigenvalue weighted by Gasteiger charge is -2.36. The van der Waals surface area contributed by atoms with E-state index < -0.39 is 11.7 Å². The number of aliphatic imine (C=N–C) groups is 1. The molecule has 2 aromatic carbocycles. The third kappa shape index (κ3) is 5.76. The Hall–Kier alpha value is -2.95. The molecule has 0 aliphatic carbocycles. The van der Waals surface area contributed by atoms with E-state index in [1.165, 1.54) is 18.2 Å². The Morgan fingerprint density at radius 2 is 1.93 bits per heavy atom. The number of nitriles is 1. The maximum absolute atomic E-state index is 13.5. The van der Waals surface area contributed by atoms with Gasteiger partial charge < -0.3 is 4.90 Å². The molecule has 0 saturated carbocycles. The summed E-state index contributed by atoms with van der Waals surface area (Å²) in [6.45, 7) is 3.49. The molecule has 0 radical (unpaired) electrons. The van der Waals surface area contributed by atoms with Gasteiger partial charge in [-0.2, -0.15) is 5.26 Å². The van der Waals surface area contributed by atoms with E-state index in [9.17, 15) is 9.18 Å². The minimum Gasteiger partial charge on any atom is -0.340 e. The molecule has 1 aliphatic heterocycles. The van der Waals surface area contributed by atoms with Gasteiger partial charge in [-0.1, -0.05) is 29.8 Å². The van der Waals surface area contributed by atoms with E-state index in [1.54, 1.807) is 24.3 Å². The van der Waals surface area contributed by atoms with Gasteiger partial charge in [-0.15, -0.1) is 0 Å². The lowest BCUT2D eigenvalue weighted by Crippen LogP contribution is -2.53. The minimum absolute atomic E-state index is 0.213. The molecule has 29 heavy (non-hydrogen) atoms. The van der Waals surface area contributed by atoms with Crippen LogP contribution in [0.2, 0.25) is 5.02 Å². The second-order valence-electron chi connectivity index (χ2n) is 6.59. The fraction of sp³-hybridized carbons (Fsp3) is 0.286. The first-order chi connectivity index (χ1) is 14.1. The molecule has 1 fully saturated rings. The summed E-state index contributed by atoms with van der Waals surface area (Å²) in [5.74, 6) is -0.553. The summed E-state index contributed by atoms with van der Waals surface area (Å²) >= 11 is 6.24. The number of carbonyl (C=O) groups excluding carboxylic acids is 1. The number of nitrogens with zero attached hydrogens (tertiary/aromatic N) is 4. The standard InChI is InChI=1S/C21H21ClFN5O/c22-18-7-1-2-8-19(18)25-21(26-20(29)16-5-3-6-17(23)15-16)28-13-11-27(12-14-28)10-4-9-24/h1-3,5-8,15H,4,10-14H2,(H,25,26,29). The van der Waals surface area contributed by atoms with Gasteiger partial charge in [0.25, 0.3) is 5.91 Å². The molecular weight excluding hydrogens is 393 g/mol. The molecule has 0 atom stereocenters. The third-order valence-corrected chi connectivity index (χ3v) is 4.92. The number of guanidine groups is 1. The van der Waals surface area contributed by atoms with Crippen LogP contribution < -0.4 is 5.32 Å². The second kappa shape index (κ2) is 10.0. The highest BCUT2D eigenvalue weighted by molar-refractivity contribution is 6.33. The first-order valence-corrected chi connectivity index (χ1v) is 9.69. The van der Waals surface area contributed by atoms with Gasteiger partial charge in [0.15, 0.2) is 0 Å². The van der Waals surface area contributed by atoms with Crippen molar-refractivity contribution in [2.24, 2.45) is 4.99 Å². The number of hydrogen-bond donors (Lipinski definition) is 1. The number of amides is 1.